The molecule has 0 aliphatic rings. The molecule has 4 nitrogen and oxygen atoms in total. The van der Waals surface area contributed by atoms with Crippen molar-refractivity contribution in [2.75, 3.05) is 7.11 Å². The van der Waals surface area contributed by atoms with Gasteiger partial charge in [0.2, 0.25) is 0 Å². The molecule has 1 aromatic heterocycles. The first-order chi connectivity index (χ1) is 7.74. The van der Waals surface area contributed by atoms with Crippen molar-refractivity contribution in [2.24, 2.45) is 0 Å². The minimum atomic E-state index is 0.355. The Kier molecular flexibility index (Phi) is 3.46. The van der Waals surface area contributed by atoms with Gasteiger partial charge < -0.3 is 4.74 Å². The molecule has 2 rings (SSSR count). The Morgan fingerprint density at radius 1 is 1.50 bits per heavy atom. The van der Waals surface area contributed by atoms with Gasteiger partial charge in [0.25, 0.3) is 0 Å². The summed E-state index contributed by atoms with van der Waals surface area (Å²) in [5.74, 6) is 1.11. The van der Waals surface area contributed by atoms with Crippen LogP contribution in [0, 0.1) is 0 Å². The van der Waals surface area contributed by atoms with Crippen LogP contribution in [0.25, 0.3) is 5.69 Å². The van der Waals surface area contributed by atoms with Gasteiger partial charge in [-0.15, -0.1) is 16.7 Å². The highest BCUT2D eigenvalue weighted by molar-refractivity contribution is 9.10. The minimum Gasteiger partial charge on any atom is -0.495 e. The summed E-state index contributed by atoms with van der Waals surface area (Å²) in [6.07, 6.45) is 1.79. The highest BCUT2D eigenvalue weighted by Crippen LogP contribution is 2.26. The lowest BCUT2D eigenvalue weighted by atomic mass is 10.3. The van der Waals surface area contributed by atoms with Crippen LogP contribution in [0.3, 0.4) is 0 Å². The van der Waals surface area contributed by atoms with Crippen LogP contribution in [-0.2, 0) is 5.88 Å². The molecule has 0 bridgehead atoms. The zero-order valence-corrected chi connectivity index (χ0v) is 10.9. The van der Waals surface area contributed by atoms with E-state index in [9.17, 15) is 0 Å². The third kappa shape index (κ3) is 2.20. The summed E-state index contributed by atoms with van der Waals surface area (Å²) in [5.41, 5.74) is 1.62. The number of aromatic nitrogens is 3. The van der Waals surface area contributed by atoms with Crippen LogP contribution in [0.4, 0.5) is 0 Å². The Hall–Kier alpha value is -1.07. The van der Waals surface area contributed by atoms with Crippen molar-refractivity contribution in [3.8, 4) is 11.4 Å². The number of ether oxygens (including phenoxy) is 1. The average Bonchev–Trinajstić information content (AvgIpc) is 2.78. The van der Waals surface area contributed by atoms with Crippen molar-refractivity contribution in [1.82, 2.24) is 15.0 Å². The first-order valence-electron chi connectivity index (χ1n) is 4.55. The van der Waals surface area contributed by atoms with Gasteiger partial charge in [-0.2, -0.15) is 0 Å². The number of rotatable bonds is 3. The first kappa shape index (κ1) is 11.4. The van der Waals surface area contributed by atoms with E-state index in [4.69, 9.17) is 16.3 Å². The van der Waals surface area contributed by atoms with E-state index in [1.807, 2.05) is 18.2 Å². The van der Waals surface area contributed by atoms with Crippen molar-refractivity contribution >= 4 is 27.5 Å². The molecule has 1 aromatic carbocycles. The van der Waals surface area contributed by atoms with Gasteiger partial charge in [0.05, 0.1) is 35.0 Å². The van der Waals surface area contributed by atoms with Gasteiger partial charge in [0.1, 0.15) is 5.75 Å². The molecule has 84 valence electrons. The lowest BCUT2D eigenvalue weighted by Gasteiger charge is -2.05. The van der Waals surface area contributed by atoms with E-state index in [2.05, 4.69) is 26.2 Å². The first-order valence-corrected chi connectivity index (χ1v) is 5.88. The van der Waals surface area contributed by atoms with Crippen LogP contribution >= 0.6 is 27.5 Å². The third-order valence-corrected chi connectivity index (χ3v) is 3.01. The Bertz CT molecular complexity index is 501. The second-order valence-electron chi connectivity index (χ2n) is 3.11. The quantitative estimate of drug-likeness (QED) is 0.819. The van der Waals surface area contributed by atoms with E-state index in [1.165, 1.54) is 0 Å². The predicted octanol–water partition coefficient (Wildman–Crippen LogP) is 2.78. The van der Waals surface area contributed by atoms with Gasteiger partial charge in [0, 0.05) is 6.07 Å². The zero-order chi connectivity index (χ0) is 11.5. The van der Waals surface area contributed by atoms with Crippen LogP contribution in [0.2, 0.25) is 0 Å². The SMILES string of the molecule is COc1cc(-n2cc(CCl)nn2)ccc1Br. The Morgan fingerprint density at radius 2 is 2.31 bits per heavy atom. The smallest absolute Gasteiger partial charge is 0.135 e. The molecule has 2 aromatic rings. The number of hydrogen-bond acceptors (Lipinski definition) is 3. The molecule has 0 atom stereocenters. The van der Waals surface area contributed by atoms with E-state index in [1.54, 1.807) is 18.0 Å². The number of benzene rings is 1. The standard InChI is InChI=1S/C10H9BrClN3O/c1-16-10-4-8(2-3-9(10)11)15-6-7(5-12)13-14-15/h2-4,6H,5H2,1H3. The summed E-state index contributed by atoms with van der Waals surface area (Å²) in [5, 5.41) is 7.89. The minimum absolute atomic E-state index is 0.355. The maximum Gasteiger partial charge on any atom is 0.135 e. The van der Waals surface area contributed by atoms with Crippen LogP contribution < -0.4 is 4.74 Å². The number of methoxy groups -OCH3 is 1. The number of nitrogens with zero attached hydrogens (tertiary/aromatic N) is 3. The Labute approximate surface area is 106 Å². The summed E-state index contributed by atoms with van der Waals surface area (Å²) in [7, 11) is 1.62. The molecule has 0 saturated carbocycles. The van der Waals surface area contributed by atoms with Crippen LogP contribution in [0.1, 0.15) is 5.69 Å². The zero-order valence-electron chi connectivity index (χ0n) is 8.52. The molecule has 0 N–H and O–H groups in total. The molecular weight excluding hydrogens is 293 g/mol. The summed E-state index contributed by atoms with van der Waals surface area (Å²) in [6.45, 7) is 0. The summed E-state index contributed by atoms with van der Waals surface area (Å²) < 4.78 is 7.76. The average molecular weight is 303 g/mol. The van der Waals surface area contributed by atoms with Crippen molar-refractivity contribution in [3.63, 3.8) is 0 Å². The molecule has 0 radical (unpaired) electrons. The van der Waals surface area contributed by atoms with Crippen molar-refractivity contribution in [3.05, 3.63) is 34.6 Å². The van der Waals surface area contributed by atoms with Gasteiger partial charge in [-0.25, -0.2) is 4.68 Å². The van der Waals surface area contributed by atoms with E-state index in [0.717, 1.165) is 21.6 Å². The maximum absolute atomic E-state index is 5.66. The predicted molar refractivity (Wildman–Crippen MR) is 65.2 cm³/mol. The van der Waals surface area contributed by atoms with E-state index >= 15 is 0 Å². The molecule has 0 saturated heterocycles. The van der Waals surface area contributed by atoms with Gasteiger partial charge in [-0.1, -0.05) is 5.21 Å². The monoisotopic (exact) mass is 301 g/mol. The molecule has 0 aliphatic carbocycles. The Balaban J connectivity index is 2.40. The van der Waals surface area contributed by atoms with Crippen molar-refractivity contribution in [1.29, 1.82) is 0 Å². The molecule has 0 fully saturated rings. The van der Waals surface area contributed by atoms with Gasteiger partial charge in [0.15, 0.2) is 0 Å². The highest BCUT2D eigenvalue weighted by atomic mass is 79.9. The summed E-state index contributed by atoms with van der Waals surface area (Å²) >= 11 is 9.05. The number of hydrogen-bond donors (Lipinski definition) is 0. The number of alkyl halides is 1. The second-order valence-corrected chi connectivity index (χ2v) is 4.23. The third-order valence-electron chi connectivity index (χ3n) is 2.08. The molecule has 6 heteroatoms. The molecule has 0 spiro atoms. The molecular formula is C10H9BrClN3O. The largest absolute Gasteiger partial charge is 0.495 e. The molecule has 0 unspecified atom stereocenters. The second kappa shape index (κ2) is 4.84. The van der Waals surface area contributed by atoms with Crippen molar-refractivity contribution < 1.29 is 4.74 Å². The van der Waals surface area contributed by atoms with Crippen molar-refractivity contribution in [2.45, 2.75) is 5.88 Å². The van der Waals surface area contributed by atoms with Crippen LogP contribution in [-0.4, -0.2) is 22.1 Å². The topological polar surface area (TPSA) is 39.9 Å². The van der Waals surface area contributed by atoms with E-state index in [-0.39, 0.29) is 0 Å². The van der Waals surface area contributed by atoms with Gasteiger partial charge >= 0.3 is 0 Å². The summed E-state index contributed by atoms with van der Waals surface area (Å²) in [4.78, 5) is 0. The molecule has 0 amide bonds. The Morgan fingerprint density at radius 3 is 2.94 bits per heavy atom. The van der Waals surface area contributed by atoms with Crippen LogP contribution in [0.5, 0.6) is 5.75 Å². The number of halogens is 2. The van der Waals surface area contributed by atoms with Crippen LogP contribution in [0.15, 0.2) is 28.9 Å². The molecule has 1 heterocycles. The van der Waals surface area contributed by atoms with E-state index in [0.29, 0.717) is 5.88 Å². The normalized spacial score (nSPS) is 10.4. The molecule has 16 heavy (non-hydrogen) atoms. The van der Waals surface area contributed by atoms with E-state index < -0.39 is 0 Å². The lowest BCUT2D eigenvalue weighted by Crippen LogP contribution is -1.96. The fraction of sp³-hybridized carbons (Fsp3) is 0.200. The summed E-state index contributed by atoms with van der Waals surface area (Å²) in [6, 6.07) is 5.69. The highest BCUT2D eigenvalue weighted by Gasteiger charge is 2.05. The molecule has 0 aliphatic heterocycles. The maximum atomic E-state index is 5.66. The fourth-order valence-corrected chi connectivity index (χ4v) is 1.81. The lowest BCUT2D eigenvalue weighted by molar-refractivity contribution is 0.412. The van der Waals surface area contributed by atoms with Gasteiger partial charge in [-0.3, -0.25) is 0 Å². The fourth-order valence-electron chi connectivity index (χ4n) is 1.28. The van der Waals surface area contributed by atoms with Gasteiger partial charge in [-0.05, 0) is 28.1 Å².